The highest BCUT2D eigenvalue weighted by Gasteiger charge is 2.01. The van der Waals surface area contributed by atoms with Gasteiger partial charge in [-0.15, -0.1) is 0 Å². The predicted molar refractivity (Wildman–Crippen MR) is 68.7 cm³/mol. The number of hydrogen-bond acceptors (Lipinski definition) is 1. The van der Waals surface area contributed by atoms with Gasteiger partial charge in [0, 0.05) is 19.3 Å². The van der Waals surface area contributed by atoms with Gasteiger partial charge in [0.15, 0.2) is 0 Å². The molecule has 1 heteroatoms. The summed E-state index contributed by atoms with van der Waals surface area (Å²) in [6.07, 6.45) is 2.52. The van der Waals surface area contributed by atoms with E-state index in [9.17, 15) is 0 Å². The van der Waals surface area contributed by atoms with Crippen molar-refractivity contribution in [2.45, 2.75) is 39.5 Å². The summed E-state index contributed by atoms with van der Waals surface area (Å²) in [5.41, 5.74) is 2.75. The lowest BCUT2D eigenvalue weighted by molar-refractivity contribution is 0.766. The summed E-state index contributed by atoms with van der Waals surface area (Å²) in [6.45, 7) is 7.85. The zero-order valence-corrected chi connectivity index (χ0v) is 10.5. The molecule has 0 atom stereocenters. The zero-order valence-electron chi connectivity index (χ0n) is 10.5. The molecule has 0 radical (unpaired) electrons. The second kappa shape index (κ2) is 5.79. The van der Waals surface area contributed by atoms with Gasteiger partial charge in [0.05, 0.1) is 0 Å². The number of unbranched alkanes of at least 4 members (excludes halogenated alkanes) is 1. The molecular formula is C14H23N. The standard InChI is InChI=1S/C14H23N/c1-5-6-11-15(4)14-9-7-13(8-10-14)12(2)3/h7-10,12H,5-6,11H2,1-4H3. The fourth-order valence-corrected chi connectivity index (χ4v) is 1.64. The average molecular weight is 205 g/mol. The molecule has 1 nitrogen and oxygen atoms in total. The minimum absolute atomic E-state index is 0.625. The minimum atomic E-state index is 0.625. The second-order valence-electron chi connectivity index (χ2n) is 4.52. The third kappa shape index (κ3) is 3.58. The van der Waals surface area contributed by atoms with Crippen LogP contribution in [0.1, 0.15) is 45.1 Å². The molecule has 0 unspecified atom stereocenters. The van der Waals surface area contributed by atoms with Crippen LogP contribution in [0.25, 0.3) is 0 Å². The number of benzene rings is 1. The van der Waals surface area contributed by atoms with E-state index in [1.54, 1.807) is 0 Å². The van der Waals surface area contributed by atoms with Crippen LogP contribution < -0.4 is 4.90 Å². The van der Waals surface area contributed by atoms with Gasteiger partial charge in [-0.05, 0) is 30.0 Å². The van der Waals surface area contributed by atoms with Crippen molar-refractivity contribution >= 4 is 5.69 Å². The summed E-state index contributed by atoms with van der Waals surface area (Å²) in [5, 5.41) is 0. The zero-order chi connectivity index (χ0) is 11.3. The first-order valence-electron chi connectivity index (χ1n) is 5.96. The molecule has 1 aromatic rings. The van der Waals surface area contributed by atoms with Gasteiger partial charge in [-0.1, -0.05) is 39.3 Å². The number of hydrogen-bond donors (Lipinski definition) is 0. The van der Waals surface area contributed by atoms with Gasteiger partial charge in [0.2, 0.25) is 0 Å². The predicted octanol–water partition coefficient (Wildman–Crippen LogP) is 4.05. The SMILES string of the molecule is CCCCN(C)c1ccc(C(C)C)cc1. The molecule has 15 heavy (non-hydrogen) atoms. The third-order valence-electron chi connectivity index (χ3n) is 2.85. The molecule has 1 rings (SSSR count). The largest absolute Gasteiger partial charge is 0.375 e. The molecule has 0 amide bonds. The van der Waals surface area contributed by atoms with E-state index >= 15 is 0 Å². The lowest BCUT2D eigenvalue weighted by Crippen LogP contribution is -2.18. The van der Waals surface area contributed by atoms with Gasteiger partial charge in [0.25, 0.3) is 0 Å². The Labute approximate surface area is 94.1 Å². The van der Waals surface area contributed by atoms with Crippen LogP contribution in [0.4, 0.5) is 5.69 Å². The highest BCUT2D eigenvalue weighted by atomic mass is 15.1. The van der Waals surface area contributed by atoms with E-state index in [4.69, 9.17) is 0 Å². The Morgan fingerprint density at radius 3 is 2.20 bits per heavy atom. The van der Waals surface area contributed by atoms with Gasteiger partial charge in [-0.25, -0.2) is 0 Å². The third-order valence-corrected chi connectivity index (χ3v) is 2.85. The Balaban J connectivity index is 2.62. The molecule has 0 heterocycles. The first-order chi connectivity index (χ1) is 7.15. The molecule has 0 saturated heterocycles. The van der Waals surface area contributed by atoms with Crippen LogP contribution in [0, 0.1) is 0 Å². The molecule has 0 fully saturated rings. The van der Waals surface area contributed by atoms with Crippen molar-refractivity contribution in [3.63, 3.8) is 0 Å². The van der Waals surface area contributed by atoms with Crippen LogP contribution in [-0.2, 0) is 0 Å². The Morgan fingerprint density at radius 2 is 1.73 bits per heavy atom. The first kappa shape index (κ1) is 12.1. The summed E-state index contributed by atoms with van der Waals surface area (Å²) in [5.74, 6) is 0.625. The van der Waals surface area contributed by atoms with E-state index in [-0.39, 0.29) is 0 Å². The van der Waals surface area contributed by atoms with Crippen LogP contribution in [0.15, 0.2) is 24.3 Å². The summed E-state index contributed by atoms with van der Waals surface area (Å²) in [7, 11) is 2.17. The van der Waals surface area contributed by atoms with Gasteiger partial charge in [-0.3, -0.25) is 0 Å². The van der Waals surface area contributed by atoms with Gasteiger partial charge in [0.1, 0.15) is 0 Å². The topological polar surface area (TPSA) is 3.24 Å². The maximum atomic E-state index is 2.33. The number of nitrogens with zero attached hydrogens (tertiary/aromatic N) is 1. The minimum Gasteiger partial charge on any atom is -0.375 e. The first-order valence-corrected chi connectivity index (χ1v) is 5.96. The van der Waals surface area contributed by atoms with Crippen molar-refractivity contribution in [3.8, 4) is 0 Å². The van der Waals surface area contributed by atoms with Gasteiger partial charge < -0.3 is 4.90 Å². The van der Waals surface area contributed by atoms with Crippen molar-refractivity contribution in [3.05, 3.63) is 29.8 Å². The van der Waals surface area contributed by atoms with Crippen LogP contribution in [0.2, 0.25) is 0 Å². The van der Waals surface area contributed by atoms with Gasteiger partial charge >= 0.3 is 0 Å². The van der Waals surface area contributed by atoms with E-state index < -0.39 is 0 Å². The molecular weight excluding hydrogens is 182 g/mol. The summed E-state index contributed by atoms with van der Waals surface area (Å²) in [6, 6.07) is 8.93. The molecule has 0 aromatic heterocycles. The number of anilines is 1. The molecule has 0 N–H and O–H groups in total. The number of rotatable bonds is 5. The molecule has 0 aliphatic rings. The quantitative estimate of drug-likeness (QED) is 0.701. The highest BCUT2D eigenvalue weighted by molar-refractivity contribution is 5.47. The maximum Gasteiger partial charge on any atom is 0.0363 e. The van der Waals surface area contributed by atoms with Crippen LogP contribution >= 0.6 is 0 Å². The smallest absolute Gasteiger partial charge is 0.0363 e. The van der Waals surface area contributed by atoms with Crippen LogP contribution in [0.5, 0.6) is 0 Å². The summed E-state index contributed by atoms with van der Waals surface area (Å²) < 4.78 is 0. The Bertz CT molecular complexity index is 274. The molecule has 84 valence electrons. The van der Waals surface area contributed by atoms with Crippen molar-refractivity contribution in [2.75, 3.05) is 18.5 Å². The second-order valence-corrected chi connectivity index (χ2v) is 4.52. The monoisotopic (exact) mass is 205 g/mol. The summed E-state index contributed by atoms with van der Waals surface area (Å²) in [4.78, 5) is 2.33. The lowest BCUT2D eigenvalue weighted by Gasteiger charge is -2.19. The fraction of sp³-hybridized carbons (Fsp3) is 0.571. The highest BCUT2D eigenvalue weighted by Crippen LogP contribution is 2.19. The van der Waals surface area contributed by atoms with E-state index in [1.807, 2.05) is 0 Å². The molecule has 0 aliphatic heterocycles. The molecule has 1 aromatic carbocycles. The van der Waals surface area contributed by atoms with Crippen molar-refractivity contribution < 1.29 is 0 Å². The summed E-state index contributed by atoms with van der Waals surface area (Å²) >= 11 is 0. The molecule has 0 aliphatic carbocycles. The molecule has 0 bridgehead atoms. The Kier molecular flexibility index (Phi) is 4.67. The van der Waals surface area contributed by atoms with Crippen LogP contribution in [0.3, 0.4) is 0 Å². The van der Waals surface area contributed by atoms with Crippen molar-refractivity contribution in [2.24, 2.45) is 0 Å². The van der Waals surface area contributed by atoms with E-state index in [1.165, 1.54) is 24.1 Å². The Morgan fingerprint density at radius 1 is 1.13 bits per heavy atom. The molecule has 0 saturated carbocycles. The Hall–Kier alpha value is -0.980. The van der Waals surface area contributed by atoms with E-state index in [2.05, 4.69) is 57.0 Å². The van der Waals surface area contributed by atoms with Crippen molar-refractivity contribution in [1.29, 1.82) is 0 Å². The maximum absolute atomic E-state index is 2.33. The molecule has 0 spiro atoms. The van der Waals surface area contributed by atoms with Crippen LogP contribution in [-0.4, -0.2) is 13.6 Å². The normalized spacial score (nSPS) is 10.7. The lowest BCUT2D eigenvalue weighted by atomic mass is 10.0. The van der Waals surface area contributed by atoms with E-state index in [0.717, 1.165) is 6.54 Å². The average Bonchev–Trinajstić information content (AvgIpc) is 2.26. The van der Waals surface area contributed by atoms with Gasteiger partial charge in [-0.2, -0.15) is 0 Å². The fourth-order valence-electron chi connectivity index (χ4n) is 1.64. The van der Waals surface area contributed by atoms with Crippen molar-refractivity contribution in [1.82, 2.24) is 0 Å². The van der Waals surface area contributed by atoms with E-state index in [0.29, 0.717) is 5.92 Å².